The maximum atomic E-state index is 14.1. The van der Waals surface area contributed by atoms with Crippen LogP contribution in [0, 0.1) is 5.82 Å². The fraction of sp³-hybridized carbons (Fsp3) is 0.400. The molecule has 0 saturated carbocycles. The summed E-state index contributed by atoms with van der Waals surface area (Å²) in [6, 6.07) is 4.93. The van der Waals surface area contributed by atoms with E-state index in [1.165, 1.54) is 7.11 Å². The van der Waals surface area contributed by atoms with Crippen molar-refractivity contribution in [2.24, 2.45) is 7.05 Å². The summed E-state index contributed by atoms with van der Waals surface area (Å²) in [6.07, 6.45) is 1.93. The van der Waals surface area contributed by atoms with Crippen LogP contribution in [0.2, 0.25) is 0 Å². The van der Waals surface area contributed by atoms with E-state index in [-0.39, 0.29) is 12.2 Å². The number of hydrogen-bond acceptors (Lipinski definition) is 3. The summed E-state index contributed by atoms with van der Waals surface area (Å²) >= 11 is 0. The molecule has 2 rings (SSSR count). The van der Waals surface area contributed by atoms with E-state index in [2.05, 4.69) is 5.10 Å². The number of rotatable bonds is 5. The van der Waals surface area contributed by atoms with Gasteiger partial charge in [0.05, 0.1) is 18.9 Å². The van der Waals surface area contributed by atoms with Crippen LogP contribution < -0.4 is 4.74 Å². The molecule has 0 spiro atoms. The Morgan fingerprint density at radius 1 is 1.45 bits per heavy atom. The Balaban J connectivity index is 2.25. The average molecular weight is 278 g/mol. The molecule has 0 aliphatic rings. The molecule has 2 aromatic rings. The molecule has 0 aliphatic heterocycles. The third kappa shape index (κ3) is 2.82. The van der Waals surface area contributed by atoms with Gasteiger partial charge in [0, 0.05) is 25.2 Å². The smallest absolute Gasteiger partial charge is 0.168 e. The van der Waals surface area contributed by atoms with Crippen molar-refractivity contribution >= 4 is 0 Å². The lowest BCUT2D eigenvalue weighted by Crippen LogP contribution is -2.06. The van der Waals surface area contributed by atoms with E-state index in [0.29, 0.717) is 5.56 Å². The molecular formula is C15H19FN2O2. The van der Waals surface area contributed by atoms with Crippen molar-refractivity contribution in [1.82, 2.24) is 9.78 Å². The maximum absolute atomic E-state index is 14.1. The monoisotopic (exact) mass is 278 g/mol. The quantitative estimate of drug-likeness (QED) is 0.913. The molecular weight excluding hydrogens is 259 g/mol. The van der Waals surface area contributed by atoms with Gasteiger partial charge in [0.1, 0.15) is 0 Å². The van der Waals surface area contributed by atoms with Crippen LogP contribution in [0.15, 0.2) is 24.4 Å². The number of hydrogen-bond donors (Lipinski definition) is 1. The van der Waals surface area contributed by atoms with E-state index in [1.54, 1.807) is 29.1 Å². The van der Waals surface area contributed by atoms with Crippen molar-refractivity contribution in [3.8, 4) is 5.75 Å². The van der Waals surface area contributed by atoms with Gasteiger partial charge in [-0.1, -0.05) is 19.1 Å². The van der Waals surface area contributed by atoms with E-state index in [1.807, 2.05) is 14.0 Å². The zero-order valence-corrected chi connectivity index (χ0v) is 11.9. The van der Waals surface area contributed by atoms with E-state index in [4.69, 9.17) is 4.74 Å². The predicted molar refractivity (Wildman–Crippen MR) is 74.2 cm³/mol. The summed E-state index contributed by atoms with van der Waals surface area (Å²) in [5.41, 5.74) is 2.02. The average Bonchev–Trinajstić information content (AvgIpc) is 2.82. The van der Waals surface area contributed by atoms with Crippen LogP contribution in [0.1, 0.15) is 29.8 Å². The second-order valence-corrected chi connectivity index (χ2v) is 4.71. The number of aromatic nitrogens is 2. The Kier molecular flexibility index (Phi) is 4.39. The van der Waals surface area contributed by atoms with Crippen molar-refractivity contribution in [2.45, 2.75) is 25.9 Å². The van der Waals surface area contributed by atoms with Gasteiger partial charge in [-0.3, -0.25) is 4.68 Å². The van der Waals surface area contributed by atoms with Crippen LogP contribution in [0.3, 0.4) is 0 Å². The summed E-state index contributed by atoms with van der Waals surface area (Å²) in [5, 5.41) is 14.6. The van der Waals surface area contributed by atoms with E-state index in [0.717, 1.165) is 17.7 Å². The highest BCUT2D eigenvalue weighted by Gasteiger charge is 2.18. The van der Waals surface area contributed by atoms with Gasteiger partial charge in [0.25, 0.3) is 0 Å². The third-order valence-electron chi connectivity index (χ3n) is 3.31. The van der Waals surface area contributed by atoms with Gasteiger partial charge in [-0.2, -0.15) is 5.10 Å². The number of ether oxygens (including phenoxy) is 1. The fourth-order valence-corrected chi connectivity index (χ4v) is 2.30. The van der Waals surface area contributed by atoms with Crippen LogP contribution in [-0.2, 0) is 19.9 Å². The summed E-state index contributed by atoms with van der Waals surface area (Å²) in [6.45, 7) is 1.98. The molecule has 0 saturated heterocycles. The normalized spacial score (nSPS) is 12.4. The van der Waals surface area contributed by atoms with Crippen LogP contribution >= 0.6 is 0 Å². The molecule has 1 aromatic carbocycles. The van der Waals surface area contributed by atoms with Gasteiger partial charge in [0.2, 0.25) is 0 Å². The highest BCUT2D eigenvalue weighted by atomic mass is 19.1. The Bertz CT molecular complexity index is 596. The first-order valence-corrected chi connectivity index (χ1v) is 6.58. The fourth-order valence-electron chi connectivity index (χ4n) is 2.30. The number of benzene rings is 1. The SMILES string of the molecule is CCc1nn(C)cc1C(O)Cc1cccc(OC)c1F. The molecule has 1 unspecified atom stereocenters. The molecule has 0 radical (unpaired) electrons. The molecule has 108 valence electrons. The largest absolute Gasteiger partial charge is 0.494 e. The summed E-state index contributed by atoms with van der Waals surface area (Å²) in [4.78, 5) is 0. The molecule has 0 fully saturated rings. The molecule has 1 heterocycles. The minimum Gasteiger partial charge on any atom is -0.494 e. The van der Waals surface area contributed by atoms with E-state index >= 15 is 0 Å². The first-order valence-electron chi connectivity index (χ1n) is 6.58. The summed E-state index contributed by atoms with van der Waals surface area (Å²) in [7, 11) is 3.23. The van der Waals surface area contributed by atoms with Crippen LogP contribution in [0.4, 0.5) is 4.39 Å². The number of methoxy groups -OCH3 is 1. The number of halogens is 1. The van der Waals surface area contributed by atoms with Crippen LogP contribution in [0.25, 0.3) is 0 Å². The minimum absolute atomic E-state index is 0.191. The summed E-state index contributed by atoms with van der Waals surface area (Å²) < 4.78 is 20.7. The maximum Gasteiger partial charge on any atom is 0.168 e. The Labute approximate surface area is 117 Å². The molecule has 0 amide bonds. The Morgan fingerprint density at radius 2 is 2.20 bits per heavy atom. The molecule has 5 heteroatoms. The van der Waals surface area contributed by atoms with Crippen molar-refractivity contribution < 1.29 is 14.2 Å². The number of aryl methyl sites for hydroxylation is 2. The highest BCUT2D eigenvalue weighted by molar-refractivity contribution is 5.32. The third-order valence-corrected chi connectivity index (χ3v) is 3.31. The second kappa shape index (κ2) is 6.05. The molecule has 20 heavy (non-hydrogen) atoms. The number of aliphatic hydroxyl groups excluding tert-OH is 1. The topological polar surface area (TPSA) is 47.3 Å². The molecule has 0 bridgehead atoms. The van der Waals surface area contributed by atoms with Gasteiger partial charge in [-0.15, -0.1) is 0 Å². The van der Waals surface area contributed by atoms with Crippen LogP contribution in [0.5, 0.6) is 5.75 Å². The molecule has 0 aliphatic carbocycles. The molecule has 1 N–H and O–H groups in total. The number of nitrogens with zero attached hydrogens (tertiary/aromatic N) is 2. The van der Waals surface area contributed by atoms with Crippen LogP contribution in [-0.4, -0.2) is 22.0 Å². The first kappa shape index (κ1) is 14.5. The Morgan fingerprint density at radius 3 is 2.85 bits per heavy atom. The lowest BCUT2D eigenvalue weighted by Gasteiger charge is -2.12. The van der Waals surface area contributed by atoms with Gasteiger partial charge in [-0.05, 0) is 18.1 Å². The predicted octanol–water partition coefficient (Wildman–Crippen LogP) is 2.41. The molecule has 1 aromatic heterocycles. The molecule has 4 nitrogen and oxygen atoms in total. The standard InChI is InChI=1S/C15H19FN2O2/c1-4-12-11(9-18(2)17-12)13(19)8-10-6-5-7-14(20-3)15(10)16/h5-7,9,13,19H,4,8H2,1-3H3. The first-order chi connectivity index (χ1) is 9.56. The van der Waals surface area contributed by atoms with Gasteiger partial charge in [-0.25, -0.2) is 4.39 Å². The van der Waals surface area contributed by atoms with Crippen molar-refractivity contribution in [2.75, 3.05) is 7.11 Å². The summed E-state index contributed by atoms with van der Waals surface area (Å²) in [5.74, 6) is -0.229. The van der Waals surface area contributed by atoms with Crippen molar-refractivity contribution in [3.63, 3.8) is 0 Å². The van der Waals surface area contributed by atoms with Crippen molar-refractivity contribution in [1.29, 1.82) is 0 Å². The second-order valence-electron chi connectivity index (χ2n) is 4.71. The van der Waals surface area contributed by atoms with Crippen molar-refractivity contribution in [3.05, 3.63) is 47.0 Å². The highest BCUT2D eigenvalue weighted by Crippen LogP contribution is 2.26. The van der Waals surface area contributed by atoms with Gasteiger partial charge < -0.3 is 9.84 Å². The lowest BCUT2D eigenvalue weighted by molar-refractivity contribution is 0.175. The Hall–Kier alpha value is -1.88. The lowest BCUT2D eigenvalue weighted by atomic mass is 10.0. The zero-order valence-electron chi connectivity index (χ0n) is 11.9. The minimum atomic E-state index is -0.778. The zero-order chi connectivity index (χ0) is 14.7. The van der Waals surface area contributed by atoms with Gasteiger partial charge in [0.15, 0.2) is 11.6 Å². The van der Waals surface area contributed by atoms with E-state index < -0.39 is 11.9 Å². The molecule has 1 atom stereocenters. The number of aliphatic hydroxyl groups is 1. The van der Waals surface area contributed by atoms with Gasteiger partial charge >= 0.3 is 0 Å². The van der Waals surface area contributed by atoms with E-state index in [9.17, 15) is 9.50 Å².